The molecule has 6 nitrogen and oxygen atoms in total. The van der Waals surface area contributed by atoms with Crippen LogP contribution >= 0.6 is 0 Å². The molecule has 2 aromatic carbocycles. The van der Waals surface area contributed by atoms with Gasteiger partial charge < -0.3 is 9.47 Å². The van der Waals surface area contributed by atoms with Crippen LogP contribution in [0, 0.1) is 23.6 Å². The number of rotatable bonds is 4. The van der Waals surface area contributed by atoms with Gasteiger partial charge in [-0.1, -0.05) is 0 Å². The molecule has 13 heteroatoms. The Balaban J connectivity index is 2.71. The molecule has 2 N–H and O–H groups in total. The van der Waals surface area contributed by atoms with Gasteiger partial charge in [0.15, 0.2) is 12.2 Å². The predicted molar refractivity (Wildman–Crippen MR) is 98.7 cm³/mol. The van der Waals surface area contributed by atoms with Gasteiger partial charge in [-0.3, -0.25) is 15.7 Å². The third kappa shape index (κ3) is 5.15. The summed E-state index contributed by atoms with van der Waals surface area (Å²) in [6.07, 6.45) is -12.0. The maximum atomic E-state index is 13.6. The van der Waals surface area contributed by atoms with Crippen LogP contribution < -0.4 is 9.64 Å². The monoisotopic (exact) mass is 465 g/mol. The average Bonchev–Trinajstić information content (AvgIpc) is 2.66. The predicted octanol–water partition coefficient (Wildman–Crippen LogP) is 5.76. The highest BCUT2D eigenvalue weighted by molar-refractivity contribution is 6.01. The van der Waals surface area contributed by atoms with E-state index in [1.165, 1.54) is 0 Å². The summed E-state index contributed by atoms with van der Waals surface area (Å²) in [6, 6.07) is 3.90. The molecule has 0 aliphatic carbocycles. The topological polar surface area (TPSA) is 86.5 Å². The van der Waals surface area contributed by atoms with Crippen molar-refractivity contribution >= 4 is 24.1 Å². The summed E-state index contributed by atoms with van der Waals surface area (Å²) < 4.78 is 103. The molecule has 0 aliphatic heterocycles. The van der Waals surface area contributed by atoms with Crippen LogP contribution in [0.5, 0.6) is 5.75 Å². The summed E-state index contributed by atoms with van der Waals surface area (Å²) in [6.45, 7) is 0.765. The van der Waals surface area contributed by atoms with Crippen LogP contribution in [-0.4, -0.2) is 25.4 Å². The van der Waals surface area contributed by atoms with E-state index in [2.05, 4.69) is 4.74 Å². The Kier molecular flexibility index (Phi) is 6.81. The van der Waals surface area contributed by atoms with Gasteiger partial charge in [0, 0.05) is 12.7 Å². The first-order chi connectivity index (χ1) is 14.7. The first-order valence-electron chi connectivity index (χ1n) is 8.46. The molecule has 0 atom stereocenters. The number of nitrogens with zero attached hydrogens (tertiary/aromatic N) is 1. The van der Waals surface area contributed by atoms with E-state index in [1.807, 2.05) is 0 Å². The summed E-state index contributed by atoms with van der Waals surface area (Å²) in [5, 5.41) is 14.5. The van der Waals surface area contributed by atoms with Gasteiger partial charge in [0.2, 0.25) is 5.90 Å². The van der Waals surface area contributed by atoms with Crippen LogP contribution in [0.15, 0.2) is 30.3 Å². The van der Waals surface area contributed by atoms with Gasteiger partial charge in [-0.2, -0.15) is 26.3 Å². The maximum absolute atomic E-state index is 13.6. The standard InChI is InChI=1S/C19H14F7N3O3/c1-9-12(18(21,22)23)7-13(19(24,25)26)15(14(9)16(28)31-8-27)32-17(30)29(2)11-5-3-10(20)4-6-11/h3-8,27-28H,1-2H3. The molecule has 32 heavy (non-hydrogen) atoms. The van der Waals surface area contributed by atoms with E-state index in [4.69, 9.17) is 15.6 Å². The van der Waals surface area contributed by atoms with Gasteiger partial charge in [-0.25, -0.2) is 9.18 Å². The van der Waals surface area contributed by atoms with Gasteiger partial charge in [0.1, 0.15) is 5.82 Å². The molecule has 0 aliphatic rings. The van der Waals surface area contributed by atoms with Gasteiger partial charge in [-0.05, 0) is 42.8 Å². The van der Waals surface area contributed by atoms with E-state index in [0.717, 1.165) is 38.2 Å². The fourth-order valence-corrected chi connectivity index (χ4v) is 2.69. The molecule has 0 bridgehead atoms. The second-order valence-electron chi connectivity index (χ2n) is 6.26. The van der Waals surface area contributed by atoms with Crippen LogP contribution in [0.4, 0.5) is 41.2 Å². The number of nitrogens with one attached hydrogen (secondary N) is 2. The zero-order valence-corrected chi connectivity index (χ0v) is 16.3. The lowest BCUT2D eigenvalue weighted by Gasteiger charge is -2.24. The number of halogens is 7. The molecule has 2 aromatic rings. The second kappa shape index (κ2) is 8.85. The number of benzene rings is 2. The molecular weight excluding hydrogens is 451 g/mol. The molecule has 0 unspecified atom stereocenters. The van der Waals surface area contributed by atoms with Crippen LogP contribution in [-0.2, 0) is 17.1 Å². The maximum Gasteiger partial charge on any atom is 0.420 e. The Morgan fingerprint density at radius 1 is 1.03 bits per heavy atom. The Labute approximate surface area is 176 Å². The van der Waals surface area contributed by atoms with Gasteiger partial charge in [0.05, 0.1) is 16.7 Å². The number of carbonyl (C=O) groups is 1. The Morgan fingerprint density at radius 2 is 1.56 bits per heavy atom. The van der Waals surface area contributed by atoms with Crippen molar-refractivity contribution < 1.29 is 45.0 Å². The highest BCUT2D eigenvalue weighted by Crippen LogP contribution is 2.45. The molecule has 0 saturated carbocycles. The van der Waals surface area contributed by atoms with Crippen molar-refractivity contribution in [2.45, 2.75) is 19.3 Å². The largest absolute Gasteiger partial charge is 0.428 e. The number of hydrogen-bond acceptors (Lipinski definition) is 5. The second-order valence-corrected chi connectivity index (χ2v) is 6.26. The third-order valence-electron chi connectivity index (χ3n) is 4.23. The van der Waals surface area contributed by atoms with Crippen molar-refractivity contribution in [3.8, 4) is 5.75 Å². The minimum Gasteiger partial charge on any atom is -0.428 e. The summed E-state index contributed by atoms with van der Waals surface area (Å²) in [4.78, 5) is 13.1. The first-order valence-corrected chi connectivity index (χ1v) is 8.46. The van der Waals surface area contributed by atoms with Gasteiger partial charge in [-0.15, -0.1) is 0 Å². The minimum absolute atomic E-state index is 0.000889. The van der Waals surface area contributed by atoms with Crippen molar-refractivity contribution in [3.05, 3.63) is 58.4 Å². The van der Waals surface area contributed by atoms with Gasteiger partial charge >= 0.3 is 18.4 Å². The van der Waals surface area contributed by atoms with E-state index in [0.29, 0.717) is 4.90 Å². The van der Waals surface area contributed by atoms with E-state index >= 15 is 0 Å². The summed E-state index contributed by atoms with van der Waals surface area (Å²) in [7, 11) is 1.07. The van der Waals surface area contributed by atoms with Crippen molar-refractivity contribution in [3.63, 3.8) is 0 Å². The number of ether oxygens (including phenoxy) is 2. The van der Waals surface area contributed by atoms with Crippen LogP contribution in [0.3, 0.4) is 0 Å². The van der Waals surface area contributed by atoms with E-state index < -0.39 is 58.2 Å². The molecule has 0 saturated heterocycles. The van der Waals surface area contributed by atoms with Crippen molar-refractivity contribution in [1.29, 1.82) is 10.8 Å². The molecule has 172 valence electrons. The smallest absolute Gasteiger partial charge is 0.420 e. The number of alkyl halides is 6. The van der Waals surface area contributed by atoms with Crippen molar-refractivity contribution in [1.82, 2.24) is 0 Å². The lowest BCUT2D eigenvalue weighted by molar-refractivity contribution is -0.143. The highest BCUT2D eigenvalue weighted by Gasteiger charge is 2.43. The quantitative estimate of drug-likeness (QED) is 0.342. The fourth-order valence-electron chi connectivity index (χ4n) is 2.69. The van der Waals surface area contributed by atoms with Crippen molar-refractivity contribution in [2.75, 3.05) is 11.9 Å². The zero-order valence-electron chi connectivity index (χ0n) is 16.3. The van der Waals surface area contributed by atoms with Crippen LogP contribution in [0.1, 0.15) is 22.3 Å². The fraction of sp³-hybridized carbons (Fsp3) is 0.211. The Bertz CT molecular complexity index is 1050. The zero-order chi connectivity index (χ0) is 24.4. The first kappa shape index (κ1) is 24.6. The molecule has 0 aromatic heterocycles. The van der Waals surface area contributed by atoms with E-state index in [9.17, 15) is 35.5 Å². The number of amides is 1. The minimum atomic E-state index is -5.42. The molecule has 0 heterocycles. The normalized spacial score (nSPS) is 11.7. The molecule has 2 rings (SSSR count). The van der Waals surface area contributed by atoms with Crippen molar-refractivity contribution in [2.24, 2.45) is 0 Å². The highest BCUT2D eigenvalue weighted by atomic mass is 19.4. The molecule has 1 amide bonds. The summed E-state index contributed by atoms with van der Waals surface area (Å²) in [5.74, 6) is -3.34. The SMILES string of the molecule is Cc1c(C(F)(F)F)cc(C(F)(F)F)c(OC(=O)N(C)c2ccc(F)cc2)c1C(=N)OC=N. The number of anilines is 1. The third-order valence-corrected chi connectivity index (χ3v) is 4.23. The molecule has 0 radical (unpaired) electrons. The van der Waals surface area contributed by atoms with E-state index in [1.54, 1.807) is 0 Å². The Morgan fingerprint density at radius 3 is 2.03 bits per heavy atom. The van der Waals surface area contributed by atoms with E-state index in [-0.39, 0.29) is 18.2 Å². The van der Waals surface area contributed by atoms with Crippen LogP contribution in [0.25, 0.3) is 0 Å². The summed E-state index contributed by atoms with van der Waals surface area (Å²) >= 11 is 0. The molecule has 0 spiro atoms. The van der Waals surface area contributed by atoms with Crippen LogP contribution in [0.2, 0.25) is 0 Å². The number of carbonyl (C=O) groups excluding carboxylic acids is 1. The molecule has 0 fully saturated rings. The Hall–Kier alpha value is -3.64. The van der Waals surface area contributed by atoms with Gasteiger partial charge in [0.25, 0.3) is 0 Å². The number of hydrogen-bond donors (Lipinski definition) is 2. The molecular formula is C19H14F7N3O3. The average molecular weight is 465 g/mol. The lowest BCUT2D eigenvalue weighted by atomic mass is 9.96. The summed E-state index contributed by atoms with van der Waals surface area (Å²) in [5.41, 5.74) is -5.71. The lowest BCUT2D eigenvalue weighted by Crippen LogP contribution is -2.31.